The van der Waals surface area contributed by atoms with Gasteiger partial charge in [0.15, 0.2) is 0 Å². The Kier molecular flexibility index (Phi) is 3.27. The maximum Gasteiger partial charge on any atom is 0.266 e. The number of fused-ring (bicyclic) bond motifs is 1. The highest BCUT2D eigenvalue weighted by molar-refractivity contribution is 7.85. The van der Waals surface area contributed by atoms with Crippen molar-refractivity contribution >= 4 is 10.1 Å². The molecule has 0 saturated carbocycles. The van der Waals surface area contributed by atoms with Gasteiger partial charge in [-0.1, -0.05) is 0 Å². The van der Waals surface area contributed by atoms with E-state index in [2.05, 4.69) is 4.90 Å². The number of hydrogen-bond acceptors (Lipinski definition) is 5. The van der Waals surface area contributed by atoms with Crippen LogP contribution in [0.25, 0.3) is 0 Å². The lowest BCUT2D eigenvalue weighted by Crippen LogP contribution is -2.51. The van der Waals surface area contributed by atoms with Gasteiger partial charge in [-0.15, -0.1) is 0 Å². The van der Waals surface area contributed by atoms with Crippen LogP contribution >= 0.6 is 0 Å². The zero-order chi connectivity index (χ0) is 10.9. The highest BCUT2D eigenvalue weighted by atomic mass is 32.2. The van der Waals surface area contributed by atoms with Crippen LogP contribution in [0.5, 0.6) is 0 Å². The molecule has 1 atom stereocenters. The van der Waals surface area contributed by atoms with Gasteiger partial charge in [-0.2, -0.15) is 8.42 Å². The van der Waals surface area contributed by atoms with Gasteiger partial charge in [0, 0.05) is 32.7 Å². The van der Waals surface area contributed by atoms with Crippen molar-refractivity contribution in [2.24, 2.45) is 0 Å². The monoisotopic (exact) mass is 236 g/mol. The molecule has 2 heterocycles. The number of hydrogen-bond donors (Lipinski definition) is 1. The van der Waals surface area contributed by atoms with Crippen LogP contribution in [0.3, 0.4) is 0 Å². The Morgan fingerprint density at radius 3 is 2.87 bits per heavy atom. The number of ether oxygens (including phenoxy) is 1. The van der Waals surface area contributed by atoms with Crippen LogP contribution < -0.4 is 0 Å². The average Bonchev–Trinajstić information content (AvgIpc) is 2.60. The van der Waals surface area contributed by atoms with E-state index in [1.807, 2.05) is 4.90 Å². The zero-order valence-corrected chi connectivity index (χ0v) is 9.32. The third kappa shape index (κ3) is 3.12. The van der Waals surface area contributed by atoms with Gasteiger partial charge in [-0.3, -0.25) is 14.4 Å². The first-order valence-electron chi connectivity index (χ1n) is 5.08. The molecule has 2 rings (SSSR count). The van der Waals surface area contributed by atoms with Crippen molar-refractivity contribution in [2.75, 3.05) is 45.1 Å². The van der Waals surface area contributed by atoms with E-state index < -0.39 is 10.1 Å². The average molecular weight is 236 g/mol. The molecular formula is C8H16N2O4S. The molecule has 0 amide bonds. The fourth-order valence-corrected chi connectivity index (χ4v) is 2.50. The second kappa shape index (κ2) is 4.34. The van der Waals surface area contributed by atoms with E-state index in [9.17, 15) is 8.42 Å². The summed E-state index contributed by atoms with van der Waals surface area (Å²) in [4.78, 5) is 4.27. The summed E-state index contributed by atoms with van der Waals surface area (Å²) in [6, 6.07) is 0. The lowest BCUT2D eigenvalue weighted by Gasteiger charge is -2.35. The minimum Gasteiger partial charge on any atom is -0.360 e. The van der Waals surface area contributed by atoms with E-state index in [-0.39, 0.29) is 12.0 Å². The van der Waals surface area contributed by atoms with Crippen LogP contribution in [0.2, 0.25) is 0 Å². The SMILES string of the molecule is O=S(=O)(O)CCN1CCN2CCOC2C1. The van der Waals surface area contributed by atoms with Crippen molar-refractivity contribution in [3.63, 3.8) is 0 Å². The Balaban J connectivity index is 1.80. The van der Waals surface area contributed by atoms with Crippen LogP contribution in [-0.2, 0) is 14.9 Å². The minimum atomic E-state index is -3.84. The maximum absolute atomic E-state index is 10.6. The standard InChI is InChI=1S/C8H16N2O4S/c11-15(12,13)6-4-9-1-2-10-3-5-14-8(10)7-9/h8H,1-7H2,(H,11,12,13). The molecule has 2 saturated heterocycles. The van der Waals surface area contributed by atoms with Gasteiger partial charge >= 0.3 is 0 Å². The summed E-state index contributed by atoms with van der Waals surface area (Å²) in [5.41, 5.74) is 0. The molecule has 15 heavy (non-hydrogen) atoms. The second-order valence-electron chi connectivity index (χ2n) is 3.95. The molecule has 0 bridgehead atoms. The number of nitrogens with zero attached hydrogens (tertiary/aromatic N) is 2. The Bertz CT molecular complexity index is 319. The Labute approximate surface area is 89.5 Å². The molecule has 7 heteroatoms. The van der Waals surface area contributed by atoms with Gasteiger partial charge in [-0.05, 0) is 0 Å². The molecule has 0 radical (unpaired) electrons. The summed E-state index contributed by atoms with van der Waals surface area (Å²) >= 11 is 0. The molecular weight excluding hydrogens is 220 g/mol. The molecule has 1 N–H and O–H groups in total. The van der Waals surface area contributed by atoms with Gasteiger partial charge in [-0.25, -0.2) is 0 Å². The molecule has 0 aromatic heterocycles. The first kappa shape index (κ1) is 11.3. The van der Waals surface area contributed by atoms with Crippen molar-refractivity contribution in [1.82, 2.24) is 9.80 Å². The highest BCUT2D eigenvalue weighted by Gasteiger charge is 2.31. The van der Waals surface area contributed by atoms with E-state index in [1.54, 1.807) is 0 Å². The summed E-state index contributed by atoms with van der Waals surface area (Å²) < 4.78 is 35.3. The van der Waals surface area contributed by atoms with Gasteiger partial charge < -0.3 is 4.74 Å². The minimum absolute atomic E-state index is 0.111. The van der Waals surface area contributed by atoms with Crippen LogP contribution in [0.15, 0.2) is 0 Å². The summed E-state index contributed by atoms with van der Waals surface area (Å²) in [6.45, 7) is 4.60. The van der Waals surface area contributed by atoms with Gasteiger partial charge in [0.2, 0.25) is 0 Å². The lowest BCUT2D eigenvalue weighted by molar-refractivity contribution is -0.0248. The van der Waals surface area contributed by atoms with Gasteiger partial charge in [0.25, 0.3) is 10.1 Å². The van der Waals surface area contributed by atoms with Crippen molar-refractivity contribution in [1.29, 1.82) is 0 Å². The molecule has 1 unspecified atom stereocenters. The fraction of sp³-hybridized carbons (Fsp3) is 1.00. The molecule has 2 fully saturated rings. The molecule has 0 aliphatic carbocycles. The van der Waals surface area contributed by atoms with E-state index in [4.69, 9.17) is 9.29 Å². The molecule has 2 aliphatic heterocycles. The van der Waals surface area contributed by atoms with Crippen LogP contribution in [-0.4, -0.2) is 74.1 Å². The van der Waals surface area contributed by atoms with Crippen LogP contribution in [0.4, 0.5) is 0 Å². The van der Waals surface area contributed by atoms with Gasteiger partial charge in [0.1, 0.15) is 6.23 Å². The summed E-state index contributed by atoms with van der Waals surface area (Å²) in [5.74, 6) is -0.195. The van der Waals surface area contributed by atoms with Gasteiger partial charge in [0.05, 0.1) is 12.4 Å². The van der Waals surface area contributed by atoms with Crippen molar-refractivity contribution < 1.29 is 17.7 Å². The quantitative estimate of drug-likeness (QED) is 0.624. The highest BCUT2D eigenvalue weighted by Crippen LogP contribution is 2.15. The lowest BCUT2D eigenvalue weighted by atomic mass is 10.3. The third-order valence-electron chi connectivity index (χ3n) is 2.88. The number of piperazine rings is 1. The molecule has 6 nitrogen and oxygen atoms in total. The summed E-state index contributed by atoms with van der Waals surface area (Å²) in [6.07, 6.45) is 0.111. The van der Waals surface area contributed by atoms with E-state index in [1.165, 1.54) is 0 Å². The van der Waals surface area contributed by atoms with E-state index in [0.717, 1.165) is 32.8 Å². The Hall–Kier alpha value is -0.210. The van der Waals surface area contributed by atoms with Crippen molar-refractivity contribution in [2.45, 2.75) is 6.23 Å². The molecule has 2 aliphatic rings. The predicted octanol–water partition coefficient (Wildman–Crippen LogP) is -1.15. The first-order valence-corrected chi connectivity index (χ1v) is 6.69. The summed E-state index contributed by atoms with van der Waals surface area (Å²) in [5, 5.41) is 0. The maximum atomic E-state index is 10.6. The van der Waals surface area contributed by atoms with Crippen molar-refractivity contribution in [3.05, 3.63) is 0 Å². The number of rotatable bonds is 3. The predicted molar refractivity (Wildman–Crippen MR) is 54.2 cm³/mol. The smallest absolute Gasteiger partial charge is 0.266 e. The zero-order valence-electron chi connectivity index (χ0n) is 8.50. The molecule has 0 aromatic carbocycles. The summed E-state index contributed by atoms with van der Waals surface area (Å²) in [7, 11) is -3.84. The third-order valence-corrected chi connectivity index (χ3v) is 3.58. The largest absolute Gasteiger partial charge is 0.360 e. The Morgan fingerprint density at radius 1 is 1.33 bits per heavy atom. The van der Waals surface area contributed by atoms with Crippen LogP contribution in [0.1, 0.15) is 0 Å². The van der Waals surface area contributed by atoms with E-state index in [0.29, 0.717) is 6.54 Å². The Morgan fingerprint density at radius 2 is 2.13 bits per heavy atom. The molecule has 88 valence electrons. The molecule has 0 aromatic rings. The second-order valence-corrected chi connectivity index (χ2v) is 5.52. The molecule has 0 spiro atoms. The van der Waals surface area contributed by atoms with E-state index >= 15 is 0 Å². The fourth-order valence-electron chi connectivity index (χ4n) is 2.01. The first-order chi connectivity index (χ1) is 7.04. The normalized spacial score (nSPS) is 29.3. The van der Waals surface area contributed by atoms with Crippen LogP contribution in [0, 0.1) is 0 Å². The van der Waals surface area contributed by atoms with Crippen molar-refractivity contribution in [3.8, 4) is 0 Å². The topological polar surface area (TPSA) is 70.1 Å².